The fraction of sp³-hybridized carbons (Fsp3) is 0.900. The Labute approximate surface area is 91.0 Å². The molecule has 14 heavy (non-hydrogen) atoms. The first kappa shape index (κ1) is 11.8. The second kappa shape index (κ2) is 5.56. The van der Waals surface area contributed by atoms with Gasteiger partial charge in [-0.05, 0) is 57.4 Å². The van der Waals surface area contributed by atoms with Crippen LogP contribution in [-0.4, -0.2) is 48.9 Å². The van der Waals surface area contributed by atoms with Crippen molar-refractivity contribution in [1.82, 2.24) is 9.80 Å². The minimum atomic E-state index is -0.295. The van der Waals surface area contributed by atoms with Crippen molar-refractivity contribution in [3.8, 4) is 0 Å². The molecule has 0 unspecified atom stereocenters. The lowest BCUT2D eigenvalue weighted by Crippen LogP contribution is -2.36. The summed E-state index contributed by atoms with van der Waals surface area (Å²) < 4.78 is 0. The van der Waals surface area contributed by atoms with E-state index in [9.17, 15) is 4.79 Å². The van der Waals surface area contributed by atoms with E-state index in [0.29, 0.717) is 0 Å². The van der Waals surface area contributed by atoms with E-state index in [1.165, 1.54) is 6.42 Å². The standard InChI is InChI=1S/C10H19ClN2O/c1-12(2)6-3-9-4-7-13(8-5-9)10(11)14/h9H,3-8H2,1-2H3. The van der Waals surface area contributed by atoms with Crippen LogP contribution in [-0.2, 0) is 0 Å². The van der Waals surface area contributed by atoms with Crippen molar-refractivity contribution in [1.29, 1.82) is 0 Å². The molecule has 0 N–H and O–H groups in total. The molecule has 0 saturated carbocycles. The van der Waals surface area contributed by atoms with E-state index in [2.05, 4.69) is 19.0 Å². The van der Waals surface area contributed by atoms with Crippen LogP contribution in [0.4, 0.5) is 4.79 Å². The average molecular weight is 219 g/mol. The van der Waals surface area contributed by atoms with Crippen LogP contribution in [0.3, 0.4) is 0 Å². The molecule has 4 heteroatoms. The maximum absolute atomic E-state index is 10.9. The van der Waals surface area contributed by atoms with Crippen molar-refractivity contribution in [3.05, 3.63) is 0 Å². The summed E-state index contributed by atoms with van der Waals surface area (Å²) in [6.45, 7) is 2.81. The molecule has 0 atom stereocenters. The van der Waals surface area contributed by atoms with Crippen molar-refractivity contribution in [2.75, 3.05) is 33.7 Å². The van der Waals surface area contributed by atoms with Gasteiger partial charge in [-0.1, -0.05) is 0 Å². The molecule has 0 aromatic carbocycles. The summed E-state index contributed by atoms with van der Waals surface area (Å²) in [6, 6.07) is 0. The van der Waals surface area contributed by atoms with Crippen LogP contribution in [0.5, 0.6) is 0 Å². The first-order chi connectivity index (χ1) is 6.59. The molecule has 0 aromatic heterocycles. The molecule has 0 aliphatic carbocycles. The van der Waals surface area contributed by atoms with E-state index in [1.54, 1.807) is 4.90 Å². The second-order valence-corrected chi connectivity index (χ2v) is 4.60. The molecule has 1 saturated heterocycles. The molecule has 1 fully saturated rings. The quantitative estimate of drug-likeness (QED) is 0.535. The third-order valence-electron chi connectivity index (χ3n) is 2.85. The van der Waals surface area contributed by atoms with Gasteiger partial charge in [0.05, 0.1) is 0 Å². The number of carbonyl (C=O) groups excluding carboxylic acids is 1. The van der Waals surface area contributed by atoms with Gasteiger partial charge in [-0.15, -0.1) is 0 Å². The monoisotopic (exact) mass is 218 g/mol. The Bertz CT molecular complexity index is 189. The second-order valence-electron chi connectivity index (χ2n) is 4.28. The van der Waals surface area contributed by atoms with Crippen LogP contribution < -0.4 is 0 Å². The fourth-order valence-electron chi connectivity index (χ4n) is 1.84. The molecule has 1 amide bonds. The van der Waals surface area contributed by atoms with Gasteiger partial charge < -0.3 is 9.80 Å². The molecule has 3 nitrogen and oxygen atoms in total. The van der Waals surface area contributed by atoms with Gasteiger partial charge in [0, 0.05) is 13.1 Å². The molecule has 82 valence electrons. The summed E-state index contributed by atoms with van der Waals surface area (Å²) in [4.78, 5) is 14.8. The molecule has 0 bridgehead atoms. The van der Waals surface area contributed by atoms with Crippen molar-refractivity contribution >= 4 is 17.0 Å². The molecular formula is C10H19ClN2O. The summed E-state index contributed by atoms with van der Waals surface area (Å²) in [7, 11) is 4.19. The van der Waals surface area contributed by atoms with Crippen LogP contribution in [0.2, 0.25) is 0 Å². The van der Waals surface area contributed by atoms with Crippen LogP contribution in [0.1, 0.15) is 19.3 Å². The van der Waals surface area contributed by atoms with Gasteiger partial charge in [0.2, 0.25) is 0 Å². The molecule has 1 heterocycles. The fourth-order valence-corrected chi connectivity index (χ4v) is 2.01. The van der Waals surface area contributed by atoms with Gasteiger partial charge in [0.15, 0.2) is 0 Å². The van der Waals surface area contributed by atoms with Crippen LogP contribution in [0.15, 0.2) is 0 Å². The summed E-state index contributed by atoms with van der Waals surface area (Å²) >= 11 is 5.41. The van der Waals surface area contributed by atoms with Gasteiger partial charge in [0.25, 0.3) is 0 Å². The molecule has 0 aromatic rings. The highest BCUT2D eigenvalue weighted by molar-refractivity contribution is 6.62. The highest BCUT2D eigenvalue weighted by atomic mass is 35.5. The number of hydrogen-bond acceptors (Lipinski definition) is 2. The summed E-state index contributed by atoms with van der Waals surface area (Å²) in [5, 5.41) is -0.295. The van der Waals surface area contributed by atoms with E-state index >= 15 is 0 Å². The van der Waals surface area contributed by atoms with Crippen molar-refractivity contribution in [3.63, 3.8) is 0 Å². The molecule has 1 aliphatic heterocycles. The van der Waals surface area contributed by atoms with Gasteiger partial charge in [0.1, 0.15) is 0 Å². The Kier molecular flexibility index (Phi) is 4.69. The number of rotatable bonds is 3. The van der Waals surface area contributed by atoms with Crippen LogP contribution in [0, 0.1) is 5.92 Å². The first-order valence-corrected chi connectivity index (χ1v) is 5.56. The van der Waals surface area contributed by atoms with Crippen molar-refractivity contribution < 1.29 is 4.79 Å². The number of piperidine rings is 1. The van der Waals surface area contributed by atoms with Crippen LogP contribution in [0.25, 0.3) is 0 Å². The smallest absolute Gasteiger partial charge is 0.316 e. The van der Waals surface area contributed by atoms with E-state index in [-0.39, 0.29) is 5.37 Å². The highest BCUT2D eigenvalue weighted by Gasteiger charge is 2.21. The van der Waals surface area contributed by atoms with E-state index in [4.69, 9.17) is 11.6 Å². The Balaban J connectivity index is 2.19. The summed E-state index contributed by atoms with van der Waals surface area (Å²) in [6.07, 6.45) is 3.44. The van der Waals surface area contributed by atoms with E-state index in [1.807, 2.05) is 0 Å². The van der Waals surface area contributed by atoms with Gasteiger partial charge in [-0.2, -0.15) is 0 Å². The Morgan fingerprint density at radius 3 is 2.43 bits per heavy atom. The van der Waals surface area contributed by atoms with E-state index < -0.39 is 0 Å². The zero-order valence-corrected chi connectivity index (χ0v) is 9.76. The molecule has 1 rings (SSSR count). The number of likely N-dealkylation sites (tertiary alicyclic amines) is 1. The predicted octanol–water partition coefficient (Wildman–Crippen LogP) is 2.01. The maximum Gasteiger partial charge on any atom is 0.316 e. The van der Waals surface area contributed by atoms with Crippen LogP contribution >= 0.6 is 11.6 Å². The number of nitrogens with zero attached hydrogens (tertiary/aromatic N) is 2. The van der Waals surface area contributed by atoms with Crippen molar-refractivity contribution in [2.24, 2.45) is 5.92 Å². The normalized spacial score (nSPS) is 19.0. The molecular weight excluding hydrogens is 200 g/mol. The van der Waals surface area contributed by atoms with E-state index in [0.717, 1.165) is 38.4 Å². The average Bonchev–Trinajstić information content (AvgIpc) is 2.15. The lowest BCUT2D eigenvalue weighted by molar-refractivity contribution is 0.184. The summed E-state index contributed by atoms with van der Waals surface area (Å²) in [5.74, 6) is 0.768. The minimum Gasteiger partial charge on any atom is -0.329 e. The lowest BCUT2D eigenvalue weighted by atomic mass is 9.94. The first-order valence-electron chi connectivity index (χ1n) is 5.18. The third kappa shape index (κ3) is 3.84. The molecule has 0 spiro atoms. The predicted molar refractivity (Wildman–Crippen MR) is 58.7 cm³/mol. The Morgan fingerprint density at radius 2 is 2.00 bits per heavy atom. The number of hydrogen-bond donors (Lipinski definition) is 0. The van der Waals surface area contributed by atoms with Gasteiger partial charge in [-0.3, -0.25) is 4.79 Å². The zero-order valence-electron chi connectivity index (χ0n) is 9.00. The summed E-state index contributed by atoms with van der Waals surface area (Å²) in [5.41, 5.74) is 0. The zero-order chi connectivity index (χ0) is 10.6. The molecule has 0 radical (unpaired) electrons. The largest absolute Gasteiger partial charge is 0.329 e. The highest BCUT2D eigenvalue weighted by Crippen LogP contribution is 2.21. The Morgan fingerprint density at radius 1 is 1.43 bits per heavy atom. The number of amides is 1. The topological polar surface area (TPSA) is 23.6 Å². The number of halogens is 1. The third-order valence-corrected chi connectivity index (χ3v) is 3.09. The SMILES string of the molecule is CN(C)CCC1CCN(C(=O)Cl)CC1. The van der Waals surface area contributed by atoms with Gasteiger partial charge >= 0.3 is 5.37 Å². The van der Waals surface area contributed by atoms with Crippen molar-refractivity contribution in [2.45, 2.75) is 19.3 Å². The minimum absolute atomic E-state index is 0.295. The maximum atomic E-state index is 10.9. The number of carbonyl (C=O) groups is 1. The Hall–Kier alpha value is -0.280. The van der Waals surface area contributed by atoms with Gasteiger partial charge in [-0.25, -0.2) is 0 Å². The lowest BCUT2D eigenvalue weighted by Gasteiger charge is -2.30. The molecule has 1 aliphatic rings.